The maximum Gasteiger partial charge on any atom is 0.390 e. The Labute approximate surface area is 163 Å². The molecule has 0 saturated carbocycles. The largest absolute Gasteiger partial charge is 0.390 e. The van der Waals surface area contributed by atoms with E-state index < -0.39 is 10.8 Å². The summed E-state index contributed by atoms with van der Waals surface area (Å²) in [4.78, 5) is 22.9. The average Bonchev–Trinajstić information content (AvgIpc) is 3.16. The first-order chi connectivity index (χ1) is 12.8. The number of carbonyl (C=O) groups is 1. The minimum Gasteiger partial charge on any atom is -0.361 e. The Hall–Kier alpha value is -2.91. The van der Waals surface area contributed by atoms with E-state index in [1.807, 2.05) is 0 Å². The van der Waals surface area contributed by atoms with Crippen LogP contribution >= 0.6 is 23.2 Å². The predicted octanol–water partition coefficient (Wildman–Crippen LogP) is 4.00. The monoisotopic (exact) mass is 409 g/mol. The van der Waals surface area contributed by atoms with Crippen molar-refractivity contribution in [2.45, 2.75) is 20.4 Å². The Morgan fingerprint density at radius 2 is 2.11 bits per heavy atom. The number of nitro groups is 1. The van der Waals surface area contributed by atoms with Crippen LogP contribution in [0.5, 0.6) is 0 Å². The maximum atomic E-state index is 12.6. The number of aromatic nitrogens is 3. The molecule has 0 radical (unpaired) electrons. The smallest absolute Gasteiger partial charge is 0.361 e. The first-order valence-electron chi connectivity index (χ1n) is 7.67. The molecule has 0 saturated heterocycles. The van der Waals surface area contributed by atoms with E-state index in [9.17, 15) is 14.9 Å². The Kier molecular flexibility index (Phi) is 5.15. The summed E-state index contributed by atoms with van der Waals surface area (Å²) >= 11 is 12.0. The third kappa shape index (κ3) is 3.79. The van der Waals surface area contributed by atoms with Crippen LogP contribution < -0.4 is 5.32 Å². The van der Waals surface area contributed by atoms with Crippen LogP contribution in [0.15, 0.2) is 28.8 Å². The highest BCUT2D eigenvalue weighted by Crippen LogP contribution is 2.30. The summed E-state index contributed by atoms with van der Waals surface area (Å²) in [6.07, 6.45) is 0. The molecule has 0 spiro atoms. The highest BCUT2D eigenvalue weighted by Gasteiger charge is 2.24. The number of nitrogens with one attached hydrogen (secondary N) is 1. The molecule has 140 valence electrons. The molecule has 0 aliphatic carbocycles. The summed E-state index contributed by atoms with van der Waals surface area (Å²) in [5, 5.41) is 21.7. The van der Waals surface area contributed by atoms with E-state index in [0.29, 0.717) is 27.7 Å². The quantitative estimate of drug-likeness (QED) is 0.502. The lowest BCUT2D eigenvalue weighted by atomic mass is 10.1. The molecule has 0 unspecified atom stereocenters. The Morgan fingerprint density at radius 3 is 2.78 bits per heavy atom. The van der Waals surface area contributed by atoms with Gasteiger partial charge in [0.1, 0.15) is 5.76 Å². The second-order valence-corrected chi connectivity index (χ2v) is 6.47. The second kappa shape index (κ2) is 7.37. The molecule has 2 heterocycles. The van der Waals surface area contributed by atoms with Crippen LogP contribution in [0.2, 0.25) is 10.0 Å². The van der Waals surface area contributed by atoms with Gasteiger partial charge in [0.05, 0.1) is 44.7 Å². The van der Waals surface area contributed by atoms with E-state index in [1.165, 1.54) is 10.7 Å². The van der Waals surface area contributed by atoms with E-state index in [4.69, 9.17) is 27.7 Å². The van der Waals surface area contributed by atoms with Gasteiger partial charge in [-0.05, 0) is 30.9 Å². The molecule has 1 amide bonds. The van der Waals surface area contributed by atoms with E-state index in [0.717, 1.165) is 0 Å². The molecule has 3 rings (SSSR count). The summed E-state index contributed by atoms with van der Waals surface area (Å²) < 4.78 is 6.53. The molecule has 1 aromatic carbocycles. The van der Waals surface area contributed by atoms with Crippen molar-refractivity contribution in [3.8, 4) is 0 Å². The van der Waals surface area contributed by atoms with Crippen molar-refractivity contribution in [1.29, 1.82) is 0 Å². The van der Waals surface area contributed by atoms with Gasteiger partial charge in [-0.3, -0.25) is 4.79 Å². The number of nitrogens with zero attached hydrogens (tertiary/aromatic N) is 4. The molecule has 2 aromatic heterocycles. The summed E-state index contributed by atoms with van der Waals surface area (Å²) in [6.45, 7) is 3.40. The first-order valence-corrected chi connectivity index (χ1v) is 8.43. The molecule has 0 atom stereocenters. The lowest BCUT2D eigenvalue weighted by Crippen LogP contribution is -2.16. The molecule has 0 bridgehead atoms. The minimum absolute atomic E-state index is 0.0288. The van der Waals surface area contributed by atoms with Crippen LogP contribution in [0.25, 0.3) is 0 Å². The normalized spacial score (nSPS) is 10.8. The van der Waals surface area contributed by atoms with E-state index in [1.54, 1.807) is 32.0 Å². The molecule has 3 aromatic rings. The van der Waals surface area contributed by atoms with Crippen molar-refractivity contribution in [3.63, 3.8) is 0 Å². The molecule has 9 nitrogen and oxygen atoms in total. The number of rotatable bonds is 5. The Morgan fingerprint density at radius 1 is 1.37 bits per heavy atom. The summed E-state index contributed by atoms with van der Waals surface area (Å²) in [6, 6.07) is 6.18. The molecule has 0 aliphatic rings. The van der Waals surface area contributed by atoms with Crippen molar-refractivity contribution in [1.82, 2.24) is 14.9 Å². The van der Waals surface area contributed by atoms with Gasteiger partial charge in [-0.1, -0.05) is 34.4 Å². The number of anilines is 1. The molecular formula is C16H13Cl2N5O4. The third-order valence-electron chi connectivity index (χ3n) is 3.86. The van der Waals surface area contributed by atoms with Crippen molar-refractivity contribution in [2.24, 2.45) is 0 Å². The van der Waals surface area contributed by atoms with Crippen LogP contribution in [0.1, 0.15) is 27.5 Å². The van der Waals surface area contributed by atoms with Gasteiger partial charge in [-0.15, -0.1) is 0 Å². The molecule has 27 heavy (non-hydrogen) atoms. The van der Waals surface area contributed by atoms with Crippen molar-refractivity contribution < 1.29 is 14.2 Å². The molecule has 11 heteroatoms. The summed E-state index contributed by atoms with van der Waals surface area (Å²) in [5.74, 6) is -0.432. The van der Waals surface area contributed by atoms with E-state index in [2.05, 4.69) is 15.6 Å². The lowest BCUT2D eigenvalue weighted by molar-refractivity contribution is -0.389. The van der Waals surface area contributed by atoms with Crippen LogP contribution in [-0.2, 0) is 6.54 Å². The molecular weight excluding hydrogens is 397 g/mol. The number of hydrogen-bond acceptors (Lipinski definition) is 6. The molecule has 0 fully saturated rings. The molecule has 1 N–H and O–H groups in total. The third-order valence-corrected chi connectivity index (χ3v) is 4.68. The first kappa shape index (κ1) is 18.9. The highest BCUT2D eigenvalue weighted by atomic mass is 35.5. The zero-order valence-corrected chi connectivity index (χ0v) is 15.7. The SMILES string of the molecule is Cc1onc(C(=O)Nc2cccc(Cl)c2Cl)c1Cn1nc([N+](=O)[O-])cc1C. The van der Waals surface area contributed by atoms with Gasteiger partial charge in [0.2, 0.25) is 0 Å². The number of amides is 1. The number of halogens is 2. The van der Waals surface area contributed by atoms with E-state index >= 15 is 0 Å². The highest BCUT2D eigenvalue weighted by molar-refractivity contribution is 6.44. The fourth-order valence-corrected chi connectivity index (χ4v) is 2.78. The predicted molar refractivity (Wildman–Crippen MR) is 98.4 cm³/mol. The van der Waals surface area contributed by atoms with E-state index in [-0.39, 0.29) is 23.1 Å². The Bertz CT molecular complexity index is 1040. The van der Waals surface area contributed by atoms with Gasteiger partial charge in [0, 0.05) is 0 Å². The number of carbonyl (C=O) groups excluding carboxylic acids is 1. The van der Waals surface area contributed by atoms with Crippen molar-refractivity contribution in [3.05, 3.63) is 67.1 Å². The van der Waals surface area contributed by atoms with Crippen LogP contribution in [-0.4, -0.2) is 25.8 Å². The second-order valence-electron chi connectivity index (χ2n) is 5.68. The van der Waals surface area contributed by atoms with Crippen LogP contribution in [0, 0.1) is 24.0 Å². The fraction of sp³-hybridized carbons (Fsp3) is 0.188. The van der Waals surface area contributed by atoms with Crippen LogP contribution in [0.4, 0.5) is 11.5 Å². The summed E-state index contributed by atoms with van der Waals surface area (Å²) in [5.41, 5.74) is 1.37. The zero-order valence-electron chi connectivity index (χ0n) is 14.2. The Balaban J connectivity index is 1.89. The minimum atomic E-state index is -0.585. The topological polar surface area (TPSA) is 116 Å². The number of benzene rings is 1. The average molecular weight is 410 g/mol. The van der Waals surface area contributed by atoms with Crippen molar-refractivity contribution >= 4 is 40.6 Å². The maximum absolute atomic E-state index is 12.6. The number of hydrogen-bond donors (Lipinski definition) is 1. The van der Waals surface area contributed by atoms with Gasteiger partial charge < -0.3 is 20.0 Å². The van der Waals surface area contributed by atoms with Gasteiger partial charge in [0.15, 0.2) is 5.69 Å². The molecule has 0 aliphatic heterocycles. The zero-order chi connectivity index (χ0) is 19.7. The van der Waals surface area contributed by atoms with Crippen LogP contribution in [0.3, 0.4) is 0 Å². The van der Waals surface area contributed by atoms with Gasteiger partial charge in [0.25, 0.3) is 5.91 Å². The van der Waals surface area contributed by atoms with Gasteiger partial charge in [-0.25, -0.2) is 0 Å². The lowest BCUT2D eigenvalue weighted by Gasteiger charge is -2.07. The van der Waals surface area contributed by atoms with Gasteiger partial charge >= 0.3 is 5.82 Å². The fourth-order valence-electron chi connectivity index (χ4n) is 2.43. The standard InChI is InChI=1S/C16H13Cl2N5O4/c1-8-6-13(23(25)26)20-22(8)7-10-9(2)27-21-15(10)16(24)19-12-5-3-4-11(17)14(12)18/h3-6H,7H2,1-2H3,(H,19,24). The van der Waals surface area contributed by atoms with Gasteiger partial charge in [-0.2, -0.15) is 4.68 Å². The number of aryl methyl sites for hydroxylation is 2. The van der Waals surface area contributed by atoms with Crippen molar-refractivity contribution in [2.75, 3.05) is 5.32 Å². The summed E-state index contributed by atoms with van der Waals surface area (Å²) in [7, 11) is 0.